The molecule has 0 nitrogen and oxygen atoms in total. The van der Waals surface area contributed by atoms with Gasteiger partial charge in [0.05, 0.1) is 5.02 Å². The van der Waals surface area contributed by atoms with Crippen molar-refractivity contribution >= 4 is 62.3 Å². The number of hydrogen-bond donors (Lipinski definition) is 0. The van der Waals surface area contributed by atoms with Crippen molar-refractivity contribution in [3.63, 3.8) is 0 Å². The van der Waals surface area contributed by atoms with E-state index in [0.29, 0.717) is 10.6 Å². The second-order valence-corrected chi connectivity index (χ2v) is 5.67. The van der Waals surface area contributed by atoms with Crippen molar-refractivity contribution in [1.82, 2.24) is 0 Å². The molecule has 0 amide bonds. The largest absolute Gasteiger partial charge is 0.216 e. The van der Waals surface area contributed by atoms with E-state index in [9.17, 15) is 0 Å². The lowest BCUT2D eigenvalue weighted by atomic mass is 10.2. The van der Waals surface area contributed by atoms with E-state index in [1.165, 1.54) is 0 Å². The number of alkyl halides is 3. The van der Waals surface area contributed by atoms with Gasteiger partial charge in [-0.05, 0) is 28.1 Å². The SMILES string of the molecule is Clc1cc(C(Cl)(Cl)Cl)ccc1Br. The second kappa shape index (κ2) is 3.93. The number of rotatable bonds is 0. The van der Waals surface area contributed by atoms with Crippen LogP contribution in [0.5, 0.6) is 0 Å². The van der Waals surface area contributed by atoms with E-state index in [2.05, 4.69) is 15.9 Å². The molecule has 0 heterocycles. The van der Waals surface area contributed by atoms with Crippen LogP contribution < -0.4 is 0 Å². The third-order valence-corrected chi connectivity index (χ3v) is 3.13. The monoisotopic (exact) mass is 306 g/mol. The summed E-state index contributed by atoms with van der Waals surface area (Å²) in [6.07, 6.45) is 0. The Bertz CT molecular complexity index is 292. The lowest BCUT2D eigenvalue weighted by Gasteiger charge is -2.11. The number of hydrogen-bond acceptors (Lipinski definition) is 0. The van der Waals surface area contributed by atoms with Gasteiger partial charge < -0.3 is 0 Å². The van der Waals surface area contributed by atoms with E-state index >= 15 is 0 Å². The minimum absolute atomic E-state index is 0.527. The molecule has 0 saturated carbocycles. The summed E-state index contributed by atoms with van der Waals surface area (Å²) in [6, 6.07) is 5.04. The van der Waals surface area contributed by atoms with Gasteiger partial charge in [0.15, 0.2) is 0 Å². The summed E-state index contributed by atoms with van der Waals surface area (Å²) in [7, 11) is 0. The molecule has 1 aromatic rings. The molecule has 0 atom stereocenters. The maximum absolute atomic E-state index is 5.80. The van der Waals surface area contributed by atoms with E-state index in [1.807, 2.05) is 0 Å². The molecular formula is C7H3BrCl4. The minimum Gasteiger partial charge on any atom is -0.0831 e. The topological polar surface area (TPSA) is 0 Å². The van der Waals surface area contributed by atoms with Gasteiger partial charge >= 0.3 is 0 Å². The highest BCUT2D eigenvalue weighted by atomic mass is 79.9. The van der Waals surface area contributed by atoms with Gasteiger partial charge in [-0.1, -0.05) is 52.5 Å². The highest BCUT2D eigenvalue weighted by molar-refractivity contribution is 9.10. The minimum atomic E-state index is -1.41. The Morgan fingerprint density at radius 1 is 1.17 bits per heavy atom. The molecule has 1 aromatic carbocycles. The van der Waals surface area contributed by atoms with Gasteiger partial charge in [-0.15, -0.1) is 0 Å². The quantitative estimate of drug-likeness (QED) is 0.596. The molecule has 0 fully saturated rings. The van der Waals surface area contributed by atoms with Gasteiger partial charge in [0.1, 0.15) is 0 Å². The zero-order chi connectivity index (χ0) is 9.35. The van der Waals surface area contributed by atoms with Crippen molar-refractivity contribution in [2.75, 3.05) is 0 Å². The maximum Gasteiger partial charge on any atom is 0.216 e. The molecule has 0 spiro atoms. The van der Waals surface area contributed by atoms with Crippen LogP contribution in [0.4, 0.5) is 0 Å². The van der Waals surface area contributed by atoms with Crippen molar-refractivity contribution in [3.8, 4) is 0 Å². The predicted molar refractivity (Wildman–Crippen MR) is 58.4 cm³/mol. The average molecular weight is 309 g/mol. The highest BCUT2D eigenvalue weighted by Crippen LogP contribution is 2.40. The Labute approximate surface area is 98.9 Å². The Hall–Kier alpha value is 0.860. The van der Waals surface area contributed by atoms with Gasteiger partial charge in [-0.2, -0.15) is 0 Å². The Morgan fingerprint density at radius 2 is 1.75 bits per heavy atom. The zero-order valence-corrected chi connectivity index (χ0v) is 10.2. The van der Waals surface area contributed by atoms with Crippen molar-refractivity contribution in [2.24, 2.45) is 0 Å². The van der Waals surface area contributed by atoms with Crippen LogP contribution >= 0.6 is 62.3 Å². The Balaban J connectivity index is 3.14. The number of halogens is 5. The molecule has 5 heteroatoms. The summed E-state index contributed by atoms with van der Waals surface area (Å²) >= 11 is 26.0. The Morgan fingerprint density at radius 3 is 2.17 bits per heavy atom. The summed E-state index contributed by atoms with van der Waals surface area (Å²) in [5, 5.41) is 0.527. The van der Waals surface area contributed by atoms with Crippen LogP contribution in [0.3, 0.4) is 0 Å². The van der Waals surface area contributed by atoms with Gasteiger partial charge in [0.2, 0.25) is 3.79 Å². The molecule has 0 unspecified atom stereocenters. The molecule has 0 saturated heterocycles. The molecule has 0 aliphatic carbocycles. The molecule has 12 heavy (non-hydrogen) atoms. The van der Waals surface area contributed by atoms with Gasteiger partial charge in [0, 0.05) is 10.0 Å². The van der Waals surface area contributed by atoms with Crippen LogP contribution in [-0.2, 0) is 3.79 Å². The molecule has 0 aliphatic heterocycles. The summed E-state index contributed by atoms with van der Waals surface area (Å²) in [5.74, 6) is 0. The second-order valence-electron chi connectivity index (χ2n) is 2.13. The van der Waals surface area contributed by atoms with E-state index in [4.69, 9.17) is 46.4 Å². The zero-order valence-electron chi connectivity index (χ0n) is 5.62. The first-order valence-electron chi connectivity index (χ1n) is 2.93. The molecule has 1 rings (SSSR count). The van der Waals surface area contributed by atoms with Gasteiger partial charge in [-0.3, -0.25) is 0 Å². The molecule has 0 aliphatic rings. The first-order chi connectivity index (χ1) is 5.41. The average Bonchev–Trinajstić information content (AvgIpc) is 1.92. The summed E-state index contributed by atoms with van der Waals surface area (Å²) in [6.45, 7) is 0. The van der Waals surface area contributed by atoms with Crippen LogP contribution in [-0.4, -0.2) is 0 Å². The third-order valence-electron chi connectivity index (χ3n) is 1.25. The molecule has 0 bridgehead atoms. The van der Waals surface area contributed by atoms with Crippen molar-refractivity contribution < 1.29 is 0 Å². The van der Waals surface area contributed by atoms with Crippen LogP contribution in [0, 0.1) is 0 Å². The molecule has 0 radical (unpaired) electrons. The van der Waals surface area contributed by atoms with Crippen molar-refractivity contribution in [1.29, 1.82) is 0 Å². The fourth-order valence-corrected chi connectivity index (χ4v) is 1.45. The van der Waals surface area contributed by atoms with E-state index < -0.39 is 3.79 Å². The summed E-state index contributed by atoms with van der Waals surface area (Å²) < 4.78 is -0.633. The van der Waals surface area contributed by atoms with Crippen LogP contribution in [0.25, 0.3) is 0 Å². The van der Waals surface area contributed by atoms with E-state index in [0.717, 1.165) is 4.47 Å². The fraction of sp³-hybridized carbons (Fsp3) is 0.143. The Kier molecular flexibility index (Phi) is 3.58. The fourth-order valence-electron chi connectivity index (χ4n) is 0.672. The van der Waals surface area contributed by atoms with Crippen LogP contribution in [0.2, 0.25) is 5.02 Å². The first kappa shape index (κ1) is 10.9. The highest BCUT2D eigenvalue weighted by Gasteiger charge is 2.22. The lowest BCUT2D eigenvalue weighted by molar-refractivity contribution is 1.24. The lowest BCUT2D eigenvalue weighted by Crippen LogP contribution is -1.99. The van der Waals surface area contributed by atoms with Crippen molar-refractivity contribution in [2.45, 2.75) is 3.79 Å². The summed E-state index contributed by atoms with van der Waals surface area (Å²) in [5.41, 5.74) is 0.556. The normalized spacial score (nSPS) is 11.8. The smallest absolute Gasteiger partial charge is 0.0831 e. The molecular weight excluding hydrogens is 306 g/mol. The molecule has 0 aromatic heterocycles. The number of benzene rings is 1. The van der Waals surface area contributed by atoms with E-state index in [1.54, 1.807) is 18.2 Å². The van der Waals surface area contributed by atoms with Gasteiger partial charge in [-0.25, -0.2) is 0 Å². The third kappa shape index (κ3) is 2.68. The maximum atomic E-state index is 5.80. The standard InChI is InChI=1S/C7H3BrCl4/c8-5-2-1-4(3-6(5)9)7(10,11)12/h1-3H. The predicted octanol–water partition coefficient (Wildman–Crippen LogP) is 4.93. The molecule has 66 valence electrons. The van der Waals surface area contributed by atoms with Crippen LogP contribution in [0.15, 0.2) is 22.7 Å². The van der Waals surface area contributed by atoms with E-state index in [-0.39, 0.29) is 0 Å². The van der Waals surface area contributed by atoms with Crippen molar-refractivity contribution in [3.05, 3.63) is 33.3 Å². The molecule has 0 N–H and O–H groups in total. The van der Waals surface area contributed by atoms with Crippen LogP contribution in [0.1, 0.15) is 5.56 Å². The summed E-state index contributed by atoms with van der Waals surface area (Å²) in [4.78, 5) is 0. The van der Waals surface area contributed by atoms with Gasteiger partial charge in [0.25, 0.3) is 0 Å². The first-order valence-corrected chi connectivity index (χ1v) is 5.24.